The minimum absolute atomic E-state index is 0.366. The van der Waals surface area contributed by atoms with E-state index in [-0.39, 0.29) is 5.54 Å². The molecule has 1 heterocycles. The van der Waals surface area contributed by atoms with Gasteiger partial charge in [-0.25, -0.2) is 0 Å². The first-order chi connectivity index (χ1) is 8.13. The molecule has 0 amide bonds. The van der Waals surface area contributed by atoms with Gasteiger partial charge in [-0.05, 0) is 39.3 Å². The van der Waals surface area contributed by atoms with Gasteiger partial charge in [0, 0.05) is 20.2 Å². The van der Waals surface area contributed by atoms with Gasteiger partial charge in [0.05, 0.1) is 12.2 Å². The van der Waals surface area contributed by atoms with Crippen LogP contribution in [0.5, 0.6) is 0 Å². The molecule has 4 heteroatoms. The van der Waals surface area contributed by atoms with Crippen LogP contribution >= 0.6 is 0 Å². The summed E-state index contributed by atoms with van der Waals surface area (Å²) in [4.78, 5) is 2.43. The van der Waals surface area contributed by atoms with E-state index >= 15 is 0 Å². The van der Waals surface area contributed by atoms with Crippen molar-refractivity contribution in [1.29, 1.82) is 5.26 Å². The third-order valence-electron chi connectivity index (χ3n) is 3.53. The zero-order valence-corrected chi connectivity index (χ0v) is 11.3. The predicted molar refractivity (Wildman–Crippen MR) is 68.8 cm³/mol. The van der Waals surface area contributed by atoms with Gasteiger partial charge in [0.25, 0.3) is 0 Å². The standard InChI is InChI=1S/C13H25N3O/c1-4-15-13(2,11-14)7-5-8-16-9-6-12(10-16)17-3/h12,15H,4-10H2,1-3H3. The number of rotatable bonds is 7. The van der Waals surface area contributed by atoms with E-state index < -0.39 is 0 Å². The summed E-state index contributed by atoms with van der Waals surface area (Å²) in [5, 5.41) is 12.4. The van der Waals surface area contributed by atoms with E-state index in [0.717, 1.165) is 45.4 Å². The first-order valence-corrected chi connectivity index (χ1v) is 6.55. The highest BCUT2D eigenvalue weighted by Gasteiger charge is 2.24. The fourth-order valence-electron chi connectivity index (χ4n) is 2.42. The molecule has 1 saturated heterocycles. The molecule has 0 aromatic heterocycles. The van der Waals surface area contributed by atoms with Crippen molar-refractivity contribution in [3.8, 4) is 6.07 Å². The normalized spacial score (nSPS) is 24.5. The molecule has 2 unspecified atom stereocenters. The van der Waals surface area contributed by atoms with Gasteiger partial charge in [-0.3, -0.25) is 5.32 Å². The van der Waals surface area contributed by atoms with Crippen LogP contribution < -0.4 is 5.32 Å². The number of hydrogen-bond donors (Lipinski definition) is 1. The third kappa shape index (κ3) is 4.63. The fraction of sp³-hybridized carbons (Fsp3) is 0.923. The second kappa shape index (κ2) is 6.95. The minimum atomic E-state index is -0.366. The van der Waals surface area contributed by atoms with Crippen LogP contribution in [0.4, 0.5) is 0 Å². The summed E-state index contributed by atoms with van der Waals surface area (Å²) in [5.41, 5.74) is -0.366. The van der Waals surface area contributed by atoms with Crippen molar-refractivity contribution < 1.29 is 4.74 Å². The van der Waals surface area contributed by atoms with Gasteiger partial charge in [-0.1, -0.05) is 6.92 Å². The lowest BCUT2D eigenvalue weighted by Crippen LogP contribution is -2.41. The van der Waals surface area contributed by atoms with Gasteiger partial charge in [0.15, 0.2) is 0 Å². The summed E-state index contributed by atoms with van der Waals surface area (Å²) >= 11 is 0. The molecular weight excluding hydrogens is 214 g/mol. The van der Waals surface area contributed by atoms with E-state index in [4.69, 9.17) is 10.00 Å². The van der Waals surface area contributed by atoms with Gasteiger partial charge >= 0.3 is 0 Å². The van der Waals surface area contributed by atoms with Gasteiger partial charge in [-0.2, -0.15) is 5.26 Å². The number of likely N-dealkylation sites (tertiary alicyclic amines) is 1. The number of methoxy groups -OCH3 is 1. The predicted octanol–water partition coefficient (Wildman–Crippen LogP) is 1.38. The number of nitrogens with zero attached hydrogens (tertiary/aromatic N) is 2. The summed E-state index contributed by atoms with van der Waals surface area (Å²) in [6.07, 6.45) is 3.52. The maximum atomic E-state index is 9.14. The summed E-state index contributed by atoms with van der Waals surface area (Å²) in [7, 11) is 1.78. The number of nitrogens with one attached hydrogen (secondary N) is 1. The van der Waals surface area contributed by atoms with Crippen LogP contribution in [0.1, 0.15) is 33.1 Å². The molecule has 17 heavy (non-hydrogen) atoms. The van der Waals surface area contributed by atoms with Crippen LogP contribution in [0.15, 0.2) is 0 Å². The van der Waals surface area contributed by atoms with Gasteiger partial charge < -0.3 is 9.64 Å². The molecule has 0 aromatic carbocycles. The molecule has 1 aliphatic heterocycles. The zero-order chi connectivity index (χ0) is 12.7. The van der Waals surface area contributed by atoms with Crippen molar-refractivity contribution in [3.05, 3.63) is 0 Å². The molecule has 0 aromatic rings. The third-order valence-corrected chi connectivity index (χ3v) is 3.53. The second-order valence-corrected chi connectivity index (χ2v) is 5.02. The monoisotopic (exact) mass is 239 g/mol. The zero-order valence-electron chi connectivity index (χ0n) is 11.3. The minimum Gasteiger partial charge on any atom is -0.380 e. The number of ether oxygens (including phenoxy) is 1. The van der Waals surface area contributed by atoms with Crippen LogP contribution in [-0.2, 0) is 4.74 Å². The molecule has 98 valence electrons. The molecule has 0 radical (unpaired) electrons. The smallest absolute Gasteiger partial charge is 0.103 e. The van der Waals surface area contributed by atoms with Gasteiger partial charge in [0.2, 0.25) is 0 Å². The SMILES string of the molecule is CCNC(C)(C#N)CCCN1CCC(OC)C1. The number of nitriles is 1. The van der Waals surface area contributed by atoms with Crippen molar-refractivity contribution in [2.24, 2.45) is 0 Å². The van der Waals surface area contributed by atoms with Gasteiger partial charge in [-0.15, -0.1) is 0 Å². The molecule has 0 aliphatic carbocycles. The van der Waals surface area contributed by atoms with Crippen molar-refractivity contribution in [2.45, 2.75) is 44.8 Å². The largest absolute Gasteiger partial charge is 0.380 e. The van der Waals surface area contributed by atoms with Crippen LogP contribution in [0.25, 0.3) is 0 Å². The first-order valence-electron chi connectivity index (χ1n) is 6.55. The molecule has 0 spiro atoms. The summed E-state index contributed by atoms with van der Waals surface area (Å²) in [6.45, 7) is 8.11. The second-order valence-electron chi connectivity index (χ2n) is 5.02. The molecule has 0 bridgehead atoms. The highest BCUT2D eigenvalue weighted by atomic mass is 16.5. The number of hydrogen-bond acceptors (Lipinski definition) is 4. The quantitative estimate of drug-likeness (QED) is 0.729. The van der Waals surface area contributed by atoms with Crippen molar-refractivity contribution in [2.75, 3.05) is 33.3 Å². The Kier molecular flexibility index (Phi) is 5.90. The Hall–Kier alpha value is -0.630. The van der Waals surface area contributed by atoms with Crippen molar-refractivity contribution >= 4 is 0 Å². The highest BCUT2D eigenvalue weighted by molar-refractivity contribution is 5.03. The molecular formula is C13H25N3O. The lowest BCUT2D eigenvalue weighted by atomic mass is 9.97. The summed E-state index contributed by atoms with van der Waals surface area (Å²) in [6, 6.07) is 2.37. The van der Waals surface area contributed by atoms with E-state index in [9.17, 15) is 0 Å². The average Bonchev–Trinajstić information content (AvgIpc) is 2.77. The Morgan fingerprint density at radius 1 is 1.59 bits per heavy atom. The van der Waals surface area contributed by atoms with Crippen LogP contribution in [-0.4, -0.2) is 49.8 Å². The molecule has 4 nitrogen and oxygen atoms in total. The lowest BCUT2D eigenvalue weighted by Gasteiger charge is -2.24. The van der Waals surface area contributed by atoms with E-state index in [1.54, 1.807) is 7.11 Å². The molecule has 1 fully saturated rings. The van der Waals surface area contributed by atoms with Crippen molar-refractivity contribution in [3.63, 3.8) is 0 Å². The van der Waals surface area contributed by atoms with Crippen LogP contribution in [0.3, 0.4) is 0 Å². The van der Waals surface area contributed by atoms with E-state index in [1.807, 2.05) is 13.8 Å². The Balaban J connectivity index is 2.21. The maximum absolute atomic E-state index is 9.14. The lowest BCUT2D eigenvalue weighted by molar-refractivity contribution is 0.107. The molecule has 2 atom stereocenters. The molecule has 1 aliphatic rings. The van der Waals surface area contributed by atoms with E-state index in [1.165, 1.54) is 0 Å². The van der Waals surface area contributed by atoms with E-state index in [2.05, 4.69) is 16.3 Å². The highest BCUT2D eigenvalue weighted by Crippen LogP contribution is 2.15. The Bertz CT molecular complexity index is 264. The Morgan fingerprint density at radius 3 is 2.88 bits per heavy atom. The summed E-state index contributed by atoms with van der Waals surface area (Å²) in [5.74, 6) is 0. The Morgan fingerprint density at radius 2 is 2.35 bits per heavy atom. The average molecular weight is 239 g/mol. The van der Waals surface area contributed by atoms with Crippen LogP contribution in [0.2, 0.25) is 0 Å². The molecule has 1 N–H and O–H groups in total. The van der Waals surface area contributed by atoms with Crippen LogP contribution in [0, 0.1) is 11.3 Å². The molecule has 0 saturated carbocycles. The van der Waals surface area contributed by atoms with E-state index in [0.29, 0.717) is 6.10 Å². The topological polar surface area (TPSA) is 48.3 Å². The Labute approximate surface area is 105 Å². The van der Waals surface area contributed by atoms with Gasteiger partial charge in [0.1, 0.15) is 5.54 Å². The first kappa shape index (κ1) is 14.4. The fourth-order valence-corrected chi connectivity index (χ4v) is 2.42. The molecule has 1 rings (SSSR count). The van der Waals surface area contributed by atoms with Crippen molar-refractivity contribution in [1.82, 2.24) is 10.2 Å². The maximum Gasteiger partial charge on any atom is 0.103 e. The summed E-state index contributed by atoms with van der Waals surface area (Å²) < 4.78 is 5.34.